The van der Waals surface area contributed by atoms with Gasteiger partial charge in [0.2, 0.25) is 0 Å². The lowest BCUT2D eigenvalue weighted by molar-refractivity contribution is -0.145. The highest BCUT2D eigenvalue weighted by Crippen LogP contribution is 2.15. The summed E-state index contributed by atoms with van der Waals surface area (Å²) in [4.78, 5) is 26.1. The normalized spacial score (nSPS) is 17.0. The van der Waals surface area contributed by atoms with Gasteiger partial charge >= 0.3 is 5.97 Å². The summed E-state index contributed by atoms with van der Waals surface area (Å²) in [5.74, 6) is -1.06. The van der Waals surface area contributed by atoms with E-state index in [0.717, 1.165) is 0 Å². The highest BCUT2D eigenvalue weighted by Gasteiger charge is 2.31. The van der Waals surface area contributed by atoms with E-state index in [0.29, 0.717) is 18.7 Å². The summed E-state index contributed by atoms with van der Waals surface area (Å²) in [5, 5.41) is 7.82. The summed E-state index contributed by atoms with van der Waals surface area (Å²) in [6, 6.07) is 5.94. The van der Waals surface area contributed by atoms with Gasteiger partial charge in [-0.25, -0.2) is 9.07 Å². The number of hydrogen-bond donors (Lipinski definition) is 0. The zero-order valence-corrected chi connectivity index (χ0v) is 15.0. The number of hydrogen-bond acceptors (Lipinski definition) is 6. The third-order valence-electron chi connectivity index (χ3n) is 4.24. The van der Waals surface area contributed by atoms with E-state index < -0.39 is 6.04 Å². The number of nitrogens with zero attached hydrogens (tertiary/aromatic N) is 4. The highest BCUT2D eigenvalue weighted by molar-refractivity contribution is 5.92. The Morgan fingerprint density at radius 1 is 1.37 bits per heavy atom. The zero-order valence-electron chi connectivity index (χ0n) is 15.0. The van der Waals surface area contributed by atoms with E-state index in [1.807, 2.05) is 0 Å². The lowest BCUT2D eigenvalue weighted by Crippen LogP contribution is -2.49. The van der Waals surface area contributed by atoms with Crippen LogP contribution >= 0.6 is 0 Å². The maximum absolute atomic E-state index is 13.8. The van der Waals surface area contributed by atoms with Crippen LogP contribution in [0.2, 0.25) is 0 Å². The molecule has 27 heavy (non-hydrogen) atoms. The average molecular weight is 376 g/mol. The van der Waals surface area contributed by atoms with Crippen molar-refractivity contribution >= 4 is 11.9 Å². The molecule has 0 unspecified atom stereocenters. The van der Waals surface area contributed by atoms with Crippen LogP contribution in [0.4, 0.5) is 4.39 Å². The average Bonchev–Trinajstić information content (AvgIpc) is 3.12. The molecule has 3 rings (SSSR count). The number of rotatable bonds is 6. The fraction of sp³-hybridized carbons (Fsp3) is 0.444. The number of aromatic nitrogens is 3. The quantitative estimate of drug-likeness (QED) is 0.706. The minimum Gasteiger partial charge on any atom is -0.466 e. The number of halogens is 1. The van der Waals surface area contributed by atoms with E-state index in [1.54, 1.807) is 30.0 Å². The molecule has 2 heterocycles. The summed E-state index contributed by atoms with van der Waals surface area (Å²) in [6.07, 6.45) is 1.54. The van der Waals surface area contributed by atoms with Crippen LogP contribution in [0.5, 0.6) is 0 Å². The van der Waals surface area contributed by atoms with Gasteiger partial charge in [0.1, 0.15) is 5.82 Å². The highest BCUT2D eigenvalue weighted by atomic mass is 19.1. The van der Waals surface area contributed by atoms with Crippen molar-refractivity contribution in [3.05, 3.63) is 47.5 Å². The van der Waals surface area contributed by atoms with Crippen molar-refractivity contribution in [1.82, 2.24) is 19.9 Å². The Labute approximate surface area is 155 Å². The molecule has 0 saturated carbocycles. The molecular formula is C18H21FN4O4. The lowest BCUT2D eigenvalue weighted by atomic mass is 10.1. The Morgan fingerprint density at radius 3 is 2.96 bits per heavy atom. The minimum absolute atomic E-state index is 0.0585. The Balaban J connectivity index is 1.70. The molecular weight excluding hydrogens is 355 g/mol. The van der Waals surface area contributed by atoms with Crippen LogP contribution in [0.15, 0.2) is 30.5 Å². The molecule has 1 aromatic carbocycles. The van der Waals surface area contributed by atoms with Gasteiger partial charge in [0.05, 0.1) is 45.0 Å². The van der Waals surface area contributed by atoms with Crippen molar-refractivity contribution in [2.45, 2.75) is 25.9 Å². The molecule has 1 amide bonds. The second-order valence-corrected chi connectivity index (χ2v) is 6.13. The summed E-state index contributed by atoms with van der Waals surface area (Å²) in [7, 11) is 0. The monoisotopic (exact) mass is 376 g/mol. The molecule has 1 fully saturated rings. The molecule has 1 atom stereocenters. The summed E-state index contributed by atoms with van der Waals surface area (Å²) in [6.45, 7) is 3.17. The minimum atomic E-state index is -0.415. The standard InChI is InChI=1S/C18H21FN4O4/c1-2-27-17(24)9-14-12-26-8-7-23(14)18(25)16-11-22(21-20-16)10-13-5-3-4-6-15(13)19/h3-6,11,14H,2,7-10,12H2,1H3/t14-/m0/s1. The molecule has 1 aliphatic heterocycles. The number of morpholine rings is 1. The molecule has 1 saturated heterocycles. The van der Waals surface area contributed by atoms with Crippen LogP contribution < -0.4 is 0 Å². The zero-order chi connectivity index (χ0) is 19.2. The lowest BCUT2D eigenvalue weighted by Gasteiger charge is -2.34. The largest absolute Gasteiger partial charge is 0.466 e. The van der Waals surface area contributed by atoms with Crippen molar-refractivity contribution in [1.29, 1.82) is 0 Å². The molecule has 144 valence electrons. The van der Waals surface area contributed by atoms with Crippen molar-refractivity contribution in [2.75, 3.05) is 26.4 Å². The fourth-order valence-corrected chi connectivity index (χ4v) is 2.93. The van der Waals surface area contributed by atoms with Gasteiger partial charge in [-0.3, -0.25) is 9.59 Å². The van der Waals surface area contributed by atoms with Gasteiger partial charge in [0.15, 0.2) is 5.69 Å². The maximum Gasteiger partial charge on any atom is 0.307 e. The first-order valence-corrected chi connectivity index (χ1v) is 8.76. The second-order valence-electron chi connectivity index (χ2n) is 6.13. The second kappa shape index (κ2) is 8.72. The molecule has 0 spiro atoms. The molecule has 2 aromatic rings. The number of carbonyl (C=O) groups is 2. The Kier molecular flexibility index (Phi) is 6.12. The van der Waals surface area contributed by atoms with Crippen molar-refractivity contribution in [3.63, 3.8) is 0 Å². The van der Waals surface area contributed by atoms with Crippen LogP contribution in [0.25, 0.3) is 0 Å². The van der Waals surface area contributed by atoms with E-state index in [4.69, 9.17) is 9.47 Å². The number of benzene rings is 1. The van der Waals surface area contributed by atoms with Gasteiger partial charge in [-0.1, -0.05) is 23.4 Å². The maximum atomic E-state index is 13.8. The first-order chi connectivity index (χ1) is 13.1. The van der Waals surface area contributed by atoms with Crippen LogP contribution in [-0.2, 0) is 20.8 Å². The molecule has 1 aliphatic rings. The number of esters is 1. The van der Waals surface area contributed by atoms with E-state index >= 15 is 0 Å². The predicted molar refractivity (Wildman–Crippen MR) is 92.4 cm³/mol. The first-order valence-electron chi connectivity index (χ1n) is 8.76. The summed E-state index contributed by atoms with van der Waals surface area (Å²) >= 11 is 0. The van der Waals surface area contributed by atoms with E-state index in [1.165, 1.54) is 16.9 Å². The first kappa shape index (κ1) is 19.0. The predicted octanol–water partition coefficient (Wildman–Crippen LogP) is 1.26. The Bertz CT molecular complexity index is 810. The topological polar surface area (TPSA) is 86.5 Å². The van der Waals surface area contributed by atoms with Gasteiger partial charge in [0.25, 0.3) is 5.91 Å². The molecule has 0 bridgehead atoms. The molecule has 0 N–H and O–H groups in total. The third kappa shape index (κ3) is 4.68. The fourth-order valence-electron chi connectivity index (χ4n) is 2.93. The van der Waals surface area contributed by atoms with Gasteiger partial charge < -0.3 is 14.4 Å². The molecule has 0 aliphatic carbocycles. The molecule has 8 nitrogen and oxygen atoms in total. The van der Waals surface area contributed by atoms with Gasteiger partial charge in [0, 0.05) is 12.1 Å². The number of carbonyl (C=O) groups excluding carboxylic acids is 2. The molecule has 0 radical (unpaired) electrons. The van der Waals surface area contributed by atoms with Crippen LogP contribution in [-0.4, -0.2) is 64.2 Å². The van der Waals surface area contributed by atoms with E-state index in [2.05, 4.69) is 10.3 Å². The summed E-state index contributed by atoms with van der Waals surface area (Å²) in [5.41, 5.74) is 0.593. The smallest absolute Gasteiger partial charge is 0.307 e. The molecule has 1 aromatic heterocycles. The van der Waals surface area contributed by atoms with E-state index in [-0.39, 0.29) is 49.6 Å². The summed E-state index contributed by atoms with van der Waals surface area (Å²) < 4.78 is 25.5. The van der Waals surface area contributed by atoms with Crippen LogP contribution in [0, 0.1) is 5.82 Å². The van der Waals surface area contributed by atoms with Crippen molar-refractivity contribution in [2.24, 2.45) is 0 Å². The van der Waals surface area contributed by atoms with Crippen LogP contribution in [0.3, 0.4) is 0 Å². The van der Waals surface area contributed by atoms with Crippen molar-refractivity contribution < 1.29 is 23.5 Å². The van der Waals surface area contributed by atoms with Crippen molar-refractivity contribution in [3.8, 4) is 0 Å². The Morgan fingerprint density at radius 2 is 2.19 bits per heavy atom. The number of ether oxygens (including phenoxy) is 2. The van der Waals surface area contributed by atoms with Gasteiger partial charge in [-0.2, -0.15) is 0 Å². The van der Waals surface area contributed by atoms with Crippen LogP contribution in [0.1, 0.15) is 29.4 Å². The van der Waals surface area contributed by atoms with Gasteiger partial charge in [-0.05, 0) is 13.0 Å². The molecule has 9 heteroatoms. The SMILES string of the molecule is CCOC(=O)C[C@H]1COCCN1C(=O)c1cn(Cc2ccccc2F)nn1. The Hall–Kier alpha value is -2.81. The van der Waals surface area contributed by atoms with Gasteiger partial charge in [-0.15, -0.1) is 5.10 Å². The third-order valence-corrected chi connectivity index (χ3v) is 4.24. The number of amides is 1. The van der Waals surface area contributed by atoms with E-state index in [9.17, 15) is 14.0 Å².